The van der Waals surface area contributed by atoms with Gasteiger partial charge < -0.3 is 19.5 Å². The Kier molecular flexibility index (Phi) is 6.83. The highest BCUT2D eigenvalue weighted by atomic mass is 16.5. The second-order valence-electron chi connectivity index (χ2n) is 5.07. The summed E-state index contributed by atoms with van der Waals surface area (Å²) in [6.07, 6.45) is 4.84. The minimum absolute atomic E-state index is 0.209. The SMILES string of the molecule is CCOc1cc(C=CC(=O)NCc2cccnc2OC)ccc1OC. The van der Waals surface area contributed by atoms with Crippen molar-refractivity contribution in [3.05, 3.63) is 53.7 Å². The molecule has 0 aliphatic heterocycles. The molecule has 1 N–H and O–H groups in total. The van der Waals surface area contributed by atoms with Crippen molar-refractivity contribution < 1.29 is 19.0 Å². The first-order valence-corrected chi connectivity index (χ1v) is 7.92. The highest BCUT2D eigenvalue weighted by molar-refractivity contribution is 5.91. The highest BCUT2D eigenvalue weighted by Crippen LogP contribution is 2.28. The van der Waals surface area contributed by atoms with Crippen LogP contribution in [-0.4, -0.2) is 31.7 Å². The van der Waals surface area contributed by atoms with Gasteiger partial charge in [0.05, 0.1) is 20.8 Å². The number of hydrogen-bond donors (Lipinski definition) is 1. The van der Waals surface area contributed by atoms with Gasteiger partial charge in [0, 0.05) is 24.4 Å². The summed E-state index contributed by atoms with van der Waals surface area (Å²) < 4.78 is 15.9. The number of amides is 1. The maximum atomic E-state index is 12.0. The summed E-state index contributed by atoms with van der Waals surface area (Å²) in [7, 11) is 3.14. The molecule has 2 aromatic rings. The largest absolute Gasteiger partial charge is 0.493 e. The summed E-state index contributed by atoms with van der Waals surface area (Å²) in [6, 6.07) is 9.15. The van der Waals surface area contributed by atoms with E-state index in [1.165, 1.54) is 6.08 Å². The van der Waals surface area contributed by atoms with Gasteiger partial charge in [-0.25, -0.2) is 4.98 Å². The molecule has 2 rings (SSSR count). The Labute approximate surface area is 147 Å². The van der Waals surface area contributed by atoms with Crippen LogP contribution in [0.15, 0.2) is 42.6 Å². The molecule has 0 unspecified atom stereocenters. The molecule has 0 radical (unpaired) electrons. The molecule has 0 saturated heterocycles. The minimum atomic E-state index is -0.209. The molecular formula is C19H22N2O4. The second kappa shape index (κ2) is 9.32. The van der Waals surface area contributed by atoms with Gasteiger partial charge in [-0.3, -0.25) is 4.79 Å². The highest BCUT2D eigenvalue weighted by Gasteiger charge is 2.06. The number of benzene rings is 1. The zero-order chi connectivity index (χ0) is 18.1. The number of aromatic nitrogens is 1. The second-order valence-corrected chi connectivity index (χ2v) is 5.07. The molecule has 6 nitrogen and oxygen atoms in total. The molecule has 1 aromatic carbocycles. The lowest BCUT2D eigenvalue weighted by Gasteiger charge is -2.09. The molecule has 0 aliphatic rings. The number of carbonyl (C=O) groups is 1. The van der Waals surface area contributed by atoms with E-state index < -0.39 is 0 Å². The molecular weight excluding hydrogens is 320 g/mol. The van der Waals surface area contributed by atoms with Crippen LogP contribution in [0.4, 0.5) is 0 Å². The van der Waals surface area contributed by atoms with E-state index in [0.29, 0.717) is 30.5 Å². The summed E-state index contributed by atoms with van der Waals surface area (Å²) in [6.45, 7) is 2.78. The lowest BCUT2D eigenvalue weighted by Crippen LogP contribution is -2.20. The number of ether oxygens (including phenoxy) is 3. The molecule has 1 amide bonds. The monoisotopic (exact) mass is 342 g/mol. The molecule has 0 bridgehead atoms. The van der Waals surface area contributed by atoms with Crippen LogP contribution in [0, 0.1) is 0 Å². The molecule has 132 valence electrons. The van der Waals surface area contributed by atoms with Crippen LogP contribution in [0.25, 0.3) is 6.08 Å². The number of nitrogens with one attached hydrogen (secondary N) is 1. The Morgan fingerprint density at radius 1 is 1.20 bits per heavy atom. The molecule has 25 heavy (non-hydrogen) atoms. The maximum absolute atomic E-state index is 12.0. The standard InChI is InChI=1S/C19H22N2O4/c1-4-25-17-12-14(7-9-16(17)23-2)8-10-18(22)21-13-15-6-5-11-20-19(15)24-3/h5-12H,4,13H2,1-3H3,(H,21,22). The Bertz CT molecular complexity index is 744. The minimum Gasteiger partial charge on any atom is -0.493 e. The molecule has 1 aromatic heterocycles. The lowest BCUT2D eigenvalue weighted by molar-refractivity contribution is -0.116. The van der Waals surface area contributed by atoms with E-state index in [9.17, 15) is 4.79 Å². The van der Waals surface area contributed by atoms with Crippen molar-refractivity contribution in [3.8, 4) is 17.4 Å². The quantitative estimate of drug-likeness (QED) is 0.747. The van der Waals surface area contributed by atoms with E-state index in [1.807, 2.05) is 31.2 Å². The maximum Gasteiger partial charge on any atom is 0.244 e. The van der Waals surface area contributed by atoms with Crippen LogP contribution in [0.1, 0.15) is 18.1 Å². The zero-order valence-electron chi connectivity index (χ0n) is 14.6. The summed E-state index contributed by atoms with van der Waals surface area (Å²) in [5.41, 5.74) is 1.66. The lowest BCUT2D eigenvalue weighted by atomic mass is 10.2. The van der Waals surface area contributed by atoms with Crippen molar-refractivity contribution in [1.29, 1.82) is 0 Å². The van der Waals surface area contributed by atoms with E-state index in [2.05, 4.69) is 10.3 Å². The first-order chi connectivity index (χ1) is 12.2. The molecule has 0 atom stereocenters. The third-order valence-corrected chi connectivity index (χ3v) is 3.41. The van der Waals surface area contributed by atoms with E-state index in [4.69, 9.17) is 14.2 Å². The van der Waals surface area contributed by atoms with Crippen LogP contribution < -0.4 is 19.5 Å². The Morgan fingerprint density at radius 3 is 2.76 bits per heavy atom. The summed E-state index contributed by atoms with van der Waals surface area (Å²) >= 11 is 0. The number of methoxy groups -OCH3 is 2. The number of pyridine rings is 1. The third-order valence-electron chi connectivity index (χ3n) is 3.41. The van der Waals surface area contributed by atoms with E-state index in [0.717, 1.165) is 11.1 Å². The summed E-state index contributed by atoms with van der Waals surface area (Å²) in [4.78, 5) is 16.1. The van der Waals surface area contributed by atoms with E-state index in [-0.39, 0.29) is 5.91 Å². The molecule has 0 fully saturated rings. The summed E-state index contributed by atoms with van der Waals surface area (Å²) in [5, 5.41) is 2.80. The predicted octanol–water partition coefficient (Wildman–Crippen LogP) is 2.83. The van der Waals surface area contributed by atoms with Gasteiger partial charge in [-0.1, -0.05) is 12.1 Å². The molecule has 0 saturated carbocycles. The van der Waals surface area contributed by atoms with Crippen LogP contribution in [0.5, 0.6) is 17.4 Å². The van der Waals surface area contributed by atoms with Crippen LogP contribution >= 0.6 is 0 Å². The van der Waals surface area contributed by atoms with Crippen molar-refractivity contribution in [1.82, 2.24) is 10.3 Å². The van der Waals surface area contributed by atoms with E-state index in [1.54, 1.807) is 32.6 Å². The van der Waals surface area contributed by atoms with Crippen molar-refractivity contribution in [3.63, 3.8) is 0 Å². The number of carbonyl (C=O) groups excluding carboxylic acids is 1. The Balaban J connectivity index is 1.99. The fourth-order valence-corrected chi connectivity index (χ4v) is 2.22. The average molecular weight is 342 g/mol. The fraction of sp³-hybridized carbons (Fsp3) is 0.263. The van der Waals surface area contributed by atoms with Gasteiger partial charge in [-0.15, -0.1) is 0 Å². The Hall–Kier alpha value is -3.02. The molecule has 1 heterocycles. The fourth-order valence-electron chi connectivity index (χ4n) is 2.22. The van der Waals surface area contributed by atoms with Gasteiger partial charge >= 0.3 is 0 Å². The molecule has 0 aliphatic carbocycles. The van der Waals surface area contributed by atoms with E-state index >= 15 is 0 Å². The van der Waals surface area contributed by atoms with Crippen molar-refractivity contribution in [2.45, 2.75) is 13.5 Å². The normalized spacial score (nSPS) is 10.5. The topological polar surface area (TPSA) is 69.7 Å². The van der Waals surface area contributed by atoms with Gasteiger partial charge in [-0.2, -0.15) is 0 Å². The summed E-state index contributed by atoms with van der Waals surface area (Å²) in [5.74, 6) is 1.60. The van der Waals surface area contributed by atoms with Crippen molar-refractivity contribution in [2.24, 2.45) is 0 Å². The molecule has 0 spiro atoms. The van der Waals surface area contributed by atoms with Crippen LogP contribution in [0.2, 0.25) is 0 Å². The van der Waals surface area contributed by atoms with Crippen molar-refractivity contribution >= 4 is 12.0 Å². The number of rotatable bonds is 8. The third kappa shape index (κ3) is 5.24. The average Bonchev–Trinajstić information content (AvgIpc) is 2.65. The smallest absolute Gasteiger partial charge is 0.244 e. The van der Waals surface area contributed by atoms with Gasteiger partial charge in [0.2, 0.25) is 11.8 Å². The predicted molar refractivity (Wildman–Crippen MR) is 95.8 cm³/mol. The van der Waals surface area contributed by atoms with Crippen molar-refractivity contribution in [2.75, 3.05) is 20.8 Å². The molecule has 6 heteroatoms. The zero-order valence-corrected chi connectivity index (χ0v) is 14.6. The van der Waals surface area contributed by atoms with Gasteiger partial charge in [0.1, 0.15) is 0 Å². The van der Waals surface area contributed by atoms with Crippen LogP contribution in [-0.2, 0) is 11.3 Å². The van der Waals surface area contributed by atoms with Gasteiger partial charge in [0.15, 0.2) is 11.5 Å². The Morgan fingerprint density at radius 2 is 2.04 bits per heavy atom. The van der Waals surface area contributed by atoms with Crippen LogP contribution in [0.3, 0.4) is 0 Å². The van der Waals surface area contributed by atoms with Gasteiger partial charge in [-0.05, 0) is 36.8 Å². The first kappa shape index (κ1) is 18.3. The number of hydrogen-bond acceptors (Lipinski definition) is 5. The van der Waals surface area contributed by atoms with Gasteiger partial charge in [0.25, 0.3) is 0 Å². The first-order valence-electron chi connectivity index (χ1n) is 7.92. The number of nitrogens with zero attached hydrogens (tertiary/aromatic N) is 1.